The van der Waals surface area contributed by atoms with Gasteiger partial charge in [-0.1, -0.05) is 25.1 Å². The minimum atomic E-state index is -0.230. The summed E-state index contributed by atoms with van der Waals surface area (Å²) in [6.45, 7) is 3.01. The monoisotopic (exact) mass is 261 g/mol. The number of nitrogens with one attached hydrogen (secondary N) is 1. The Labute approximate surface area is 111 Å². The molecule has 0 aliphatic heterocycles. The Bertz CT molecular complexity index is 534. The van der Waals surface area contributed by atoms with E-state index in [0.717, 1.165) is 6.42 Å². The van der Waals surface area contributed by atoms with Crippen molar-refractivity contribution in [2.75, 3.05) is 11.9 Å². The van der Waals surface area contributed by atoms with E-state index in [-0.39, 0.29) is 5.82 Å². The zero-order valence-corrected chi connectivity index (χ0v) is 10.8. The summed E-state index contributed by atoms with van der Waals surface area (Å²) in [5.41, 5.74) is 0.595. The molecule has 1 aromatic heterocycles. The SMILES string of the molecule is CCCOc1cc(NCc2ccccc2F)ncn1. The summed E-state index contributed by atoms with van der Waals surface area (Å²) in [5, 5.41) is 3.05. The maximum absolute atomic E-state index is 13.4. The largest absolute Gasteiger partial charge is 0.478 e. The van der Waals surface area contributed by atoms with Gasteiger partial charge < -0.3 is 10.1 Å². The summed E-state index contributed by atoms with van der Waals surface area (Å²) < 4.78 is 18.8. The van der Waals surface area contributed by atoms with Gasteiger partial charge >= 0.3 is 0 Å². The van der Waals surface area contributed by atoms with Crippen LogP contribution in [-0.4, -0.2) is 16.6 Å². The second-order valence-corrected chi connectivity index (χ2v) is 4.03. The van der Waals surface area contributed by atoms with Crippen LogP contribution in [0.15, 0.2) is 36.7 Å². The van der Waals surface area contributed by atoms with Crippen molar-refractivity contribution >= 4 is 5.82 Å². The molecular formula is C14H16FN3O. The number of hydrogen-bond acceptors (Lipinski definition) is 4. The molecule has 0 bridgehead atoms. The lowest BCUT2D eigenvalue weighted by Crippen LogP contribution is -2.04. The molecule has 0 aliphatic rings. The lowest BCUT2D eigenvalue weighted by molar-refractivity contribution is 0.305. The normalized spacial score (nSPS) is 10.2. The van der Waals surface area contributed by atoms with E-state index in [1.807, 2.05) is 6.92 Å². The van der Waals surface area contributed by atoms with Crippen LogP contribution in [0, 0.1) is 5.82 Å². The smallest absolute Gasteiger partial charge is 0.218 e. The molecular weight excluding hydrogens is 245 g/mol. The number of aromatic nitrogens is 2. The first kappa shape index (κ1) is 13.3. The van der Waals surface area contributed by atoms with Gasteiger partial charge in [0.15, 0.2) is 0 Å². The summed E-state index contributed by atoms with van der Waals surface area (Å²) in [5.74, 6) is 0.906. The van der Waals surface area contributed by atoms with Gasteiger partial charge in [0.25, 0.3) is 0 Å². The van der Waals surface area contributed by atoms with E-state index in [2.05, 4.69) is 15.3 Å². The number of nitrogens with zero attached hydrogens (tertiary/aromatic N) is 2. The molecule has 0 spiro atoms. The second-order valence-electron chi connectivity index (χ2n) is 4.03. The first-order valence-corrected chi connectivity index (χ1v) is 6.21. The van der Waals surface area contributed by atoms with Crippen molar-refractivity contribution in [3.05, 3.63) is 48.0 Å². The zero-order chi connectivity index (χ0) is 13.5. The third kappa shape index (κ3) is 3.91. The van der Waals surface area contributed by atoms with Gasteiger partial charge in [0.05, 0.1) is 6.61 Å². The summed E-state index contributed by atoms with van der Waals surface area (Å²) in [6, 6.07) is 8.34. The van der Waals surface area contributed by atoms with Crippen LogP contribution >= 0.6 is 0 Å². The molecule has 0 saturated heterocycles. The molecule has 1 heterocycles. The molecule has 2 rings (SSSR count). The highest BCUT2D eigenvalue weighted by atomic mass is 19.1. The Morgan fingerprint density at radius 1 is 1.26 bits per heavy atom. The highest BCUT2D eigenvalue weighted by molar-refractivity contribution is 5.38. The molecule has 0 radical (unpaired) electrons. The Hall–Kier alpha value is -2.17. The van der Waals surface area contributed by atoms with Gasteiger partial charge in [-0.3, -0.25) is 0 Å². The minimum Gasteiger partial charge on any atom is -0.478 e. The van der Waals surface area contributed by atoms with Gasteiger partial charge in [0.2, 0.25) is 5.88 Å². The second kappa shape index (κ2) is 6.68. The Balaban J connectivity index is 1.98. The lowest BCUT2D eigenvalue weighted by atomic mass is 10.2. The predicted octanol–water partition coefficient (Wildman–Crippen LogP) is 3.02. The summed E-state index contributed by atoms with van der Waals surface area (Å²) in [6.07, 6.45) is 2.34. The Morgan fingerprint density at radius 3 is 2.89 bits per heavy atom. The fraction of sp³-hybridized carbons (Fsp3) is 0.286. The standard InChI is InChI=1S/C14H16FN3O/c1-2-7-19-14-8-13(17-10-18-14)16-9-11-5-3-4-6-12(11)15/h3-6,8,10H,2,7,9H2,1H3,(H,16,17,18). The fourth-order valence-electron chi connectivity index (χ4n) is 1.55. The third-order valence-electron chi connectivity index (χ3n) is 2.51. The quantitative estimate of drug-likeness (QED) is 0.868. The van der Waals surface area contributed by atoms with Crippen molar-refractivity contribution in [2.45, 2.75) is 19.9 Å². The van der Waals surface area contributed by atoms with Gasteiger partial charge in [-0.15, -0.1) is 0 Å². The zero-order valence-electron chi connectivity index (χ0n) is 10.8. The van der Waals surface area contributed by atoms with E-state index in [0.29, 0.717) is 30.4 Å². The van der Waals surface area contributed by atoms with Gasteiger partial charge in [-0.2, -0.15) is 0 Å². The molecule has 0 fully saturated rings. The van der Waals surface area contributed by atoms with Crippen molar-refractivity contribution in [1.29, 1.82) is 0 Å². The number of ether oxygens (including phenoxy) is 1. The number of rotatable bonds is 6. The molecule has 0 atom stereocenters. The van der Waals surface area contributed by atoms with Crippen LogP contribution in [0.1, 0.15) is 18.9 Å². The average Bonchev–Trinajstić information content (AvgIpc) is 2.45. The minimum absolute atomic E-state index is 0.230. The highest BCUT2D eigenvalue weighted by Gasteiger charge is 2.02. The number of halogens is 1. The molecule has 0 amide bonds. The maximum atomic E-state index is 13.4. The molecule has 1 aromatic carbocycles. The lowest BCUT2D eigenvalue weighted by Gasteiger charge is -2.08. The van der Waals surface area contributed by atoms with Gasteiger partial charge in [-0.05, 0) is 12.5 Å². The average molecular weight is 261 g/mol. The number of hydrogen-bond donors (Lipinski definition) is 1. The van der Waals surface area contributed by atoms with Crippen molar-refractivity contribution in [1.82, 2.24) is 9.97 Å². The van der Waals surface area contributed by atoms with Crippen LogP contribution in [-0.2, 0) is 6.54 Å². The van der Waals surface area contributed by atoms with Crippen LogP contribution in [0.4, 0.5) is 10.2 Å². The molecule has 5 heteroatoms. The van der Waals surface area contributed by atoms with Crippen LogP contribution in [0.2, 0.25) is 0 Å². The maximum Gasteiger partial charge on any atom is 0.218 e. The van der Waals surface area contributed by atoms with Crippen LogP contribution in [0.25, 0.3) is 0 Å². The van der Waals surface area contributed by atoms with E-state index < -0.39 is 0 Å². The summed E-state index contributed by atoms with van der Waals surface area (Å²) >= 11 is 0. The van der Waals surface area contributed by atoms with E-state index >= 15 is 0 Å². The van der Waals surface area contributed by atoms with Crippen LogP contribution < -0.4 is 10.1 Å². The van der Waals surface area contributed by atoms with E-state index in [1.165, 1.54) is 12.4 Å². The first-order chi connectivity index (χ1) is 9.29. The Kier molecular flexibility index (Phi) is 4.66. The molecule has 19 heavy (non-hydrogen) atoms. The van der Waals surface area contributed by atoms with Crippen molar-refractivity contribution in [3.63, 3.8) is 0 Å². The highest BCUT2D eigenvalue weighted by Crippen LogP contribution is 2.13. The summed E-state index contributed by atoms with van der Waals surface area (Å²) in [4.78, 5) is 8.07. The first-order valence-electron chi connectivity index (χ1n) is 6.21. The van der Waals surface area contributed by atoms with Gasteiger partial charge in [-0.25, -0.2) is 14.4 Å². The molecule has 4 nitrogen and oxygen atoms in total. The molecule has 0 unspecified atom stereocenters. The fourth-order valence-corrected chi connectivity index (χ4v) is 1.55. The van der Waals surface area contributed by atoms with Gasteiger partial charge in [0.1, 0.15) is 18.0 Å². The van der Waals surface area contributed by atoms with Crippen molar-refractivity contribution in [3.8, 4) is 5.88 Å². The molecule has 0 aliphatic carbocycles. The van der Waals surface area contributed by atoms with Crippen LogP contribution in [0.5, 0.6) is 5.88 Å². The third-order valence-corrected chi connectivity index (χ3v) is 2.51. The van der Waals surface area contributed by atoms with E-state index in [4.69, 9.17) is 4.74 Å². The van der Waals surface area contributed by atoms with Crippen LogP contribution in [0.3, 0.4) is 0 Å². The summed E-state index contributed by atoms with van der Waals surface area (Å²) in [7, 11) is 0. The number of anilines is 1. The van der Waals surface area contributed by atoms with Crippen molar-refractivity contribution in [2.24, 2.45) is 0 Å². The number of benzene rings is 1. The molecule has 1 N–H and O–H groups in total. The molecule has 2 aromatic rings. The Morgan fingerprint density at radius 2 is 2.11 bits per heavy atom. The predicted molar refractivity (Wildman–Crippen MR) is 71.5 cm³/mol. The van der Waals surface area contributed by atoms with Gasteiger partial charge in [0, 0.05) is 18.2 Å². The van der Waals surface area contributed by atoms with Crippen molar-refractivity contribution < 1.29 is 9.13 Å². The molecule has 100 valence electrons. The molecule has 0 saturated carbocycles. The topological polar surface area (TPSA) is 47.0 Å². The van der Waals surface area contributed by atoms with E-state index in [1.54, 1.807) is 24.3 Å². The van der Waals surface area contributed by atoms with E-state index in [9.17, 15) is 4.39 Å².